The molecule has 17 nitrogen and oxygen atoms in total. The number of phosphoric ester groups is 2. The van der Waals surface area contributed by atoms with Crippen LogP contribution in [0, 0.1) is 23.7 Å². The van der Waals surface area contributed by atoms with Crippen LogP contribution in [0.2, 0.25) is 0 Å². The molecule has 0 heterocycles. The predicted molar refractivity (Wildman–Crippen MR) is 391 cm³/mol. The molecule has 0 radical (unpaired) electrons. The van der Waals surface area contributed by atoms with Gasteiger partial charge in [0.25, 0.3) is 0 Å². The minimum Gasteiger partial charge on any atom is -0.462 e. The molecule has 0 aromatic heterocycles. The lowest BCUT2D eigenvalue weighted by molar-refractivity contribution is -0.161. The van der Waals surface area contributed by atoms with E-state index in [9.17, 15) is 43.2 Å². The number of aliphatic hydroxyl groups is 1. The Kier molecular flexibility index (Phi) is 65.0. The summed E-state index contributed by atoms with van der Waals surface area (Å²) >= 11 is 0. The smallest absolute Gasteiger partial charge is 0.462 e. The van der Waals surface area contributed by atoms with Crippen LogP contribution in [0.3, 0.4) is 0 Å². The molecular formula is C77H150O17P2. The maximum Gasteiger partial charge on any atom is 0.472 e. The molecule has 19 heteroatoms. The first-order valence-electron chi connectivity index (χ1n) is 39.8. The van der Waals surface area contributed by atoms with E-state index in [1.54, 1.807) is 0 Å². The molecule has 0 aliphatic carbocycles. The first-order chi connectivity index (χ1) is 46.2. The van der Waals surface area contributed by atoms with Gasteiger partial charge in [-0.15, -0.1) is 0 Å². The molecular weight excluding hydrogens is 1260 g/mol. The molecule has 0 aromatic carbocycles. The SMILES string of the molecule is CCC(C)CCCCCCCCCCCCCCCCC(=O)OC[C@H](COP(=O)(O)OC[C@@H](O)COP(=O)(O)OC[C@@H](COC(=O)CCCCCCCCC(C)C)OC(=O)CCCCCCCCC(C)CC)OC(=O)CCCCCCCCCCCCCCCCCCC(C)C. The highest BCUT2D eigenvalue weighted by atomic mass is 31.2. The van der Waals surface area contributed by atoms with Gasteiger partial charge in [-0.25, -0.2) is 9.13 Å². The highest BCUT2D eigenvalue weighted by Crippen LogP contribution is 2.45. The van der Waals surface area contributed by atoms with Crippen LogP contribution in [-0.2, 0) is 65.4 Å². The van der Waals surface area contributed by atoms with E-state index in [-0.39, 0.29) is 25.7 Å². The Morgan fingerprint density at radius 1 is 0.292 bits per heavy atom. The van der Waals surface area contributed by atoms with E-state index in [4.69, 9.17) is 37.0 Å². The summed E-state index contributed by atoms with van der Waals surface area (Å²) in [5.74, 6) is 0.934. The van der Waals surface area contributed by atoms with Gasteiger partial charge in [0.15, 0.2) is 12.2 Å². The Bertz CT molecular complexity index is 1890. The molecule has 0 fully saturated rings. The van der Waals surface area contributed by atoms with Gasteiger partial charge in [0.05, 0.1) is 26.4 Å². The van der Waals surface area contributed by atoms with Crippen molar-refractivity contribution in [1.29, 1.82) is 0 Å². The van der Waals surface area contributed by atoms with Crippen LogP contribution in [0.5, 0.6) is 0 Å². The molecule has 0 aliphatic rings. The van der Waals surface area contributed by atoms with Crippen LogP contribution in [0.25, 0.3) is 0 Å². The van der Waals surface area contributed by atoms with Crippen molar-refractivity contribution in [3.05, 3.63) is 0 Å². The number of rotatable bonds is 74. The van der Waals surface area contributed by atoms with Crippen molar-refractivity contribution >= 4 is 39.5 Å². The molecule has 3 N–H and O–H groups in total. The predicted octanol–water partition coefficient (Wildman–Crippen LogP) is 22.4. The van der Waals surface area contributed by atoms with Gasteiger partial charge >= 0.3 is 39.5 Å². The van der Waals surface area contributed by atoms with Gasteiger partial charge < -0.3 is 33.8 Å². The second-order valence-corrected chi connectivity index (χ2v) is 32.1. The van der Waals surface area contributed by atoms with Crippen molar-refractivity contribution < 1.29 is 80.2 Å². The average Bonchev–Trinajstić information content (AvgIpc) is 1.66. The van der Waals surface area contributed by atoms with Crippen molar-refractivity contribution in [2.45, 2.75) is 408 Å². The van der Waals surface area contributed by atoms with Gasteiger partial charge in [0.2, 0.25) is 0 Å². The zero-order valence-corrected chi connectivity index (χ0v) is 64.8. The summed E-state index contributed by atoms with van der Waals surface area (Å²) in [6, 6.07) is 0. The number of carbonyl (C=O) groups is 4. The van der Waals surface area contributed by atoms with Gasteiger partial charge in [0.1, 0.15) is 19.3 Å². The molecule has 570 valence electrons. The van der Waals surface area contributed by atoms with Crippen molar-refractivity contribution in [2.75, 3.05) is 39.6 Å². The topological polar surface area (TPSA) is 237 Å². The van der Waals surface area contributed by atoms with E-state index >= 15 is 0 Å². The highest BCUT2D eigenvalue weighted by Gasteiger charge is 2.30. The lowest BCUT2D eigenvalue weighted by atomic mass is 9.99. The van der Waals surface area contributed by atoms with Gasteiger partial charge in [-0.05, 0) is 49.4 Å². The maximum atomic E-state index is 13.1. The van der Waals surface area contributed by atoms with Crippen LogP contribution in [0.4, 0.5) is 0 Å². The van der Waals surface area contributed by atoms with Gasteiger partial charge in [0, 0.05) is 25.7 Å². The summed E-state index contributed by atoms with van der Waals surface area (Å²) in [5.41, 5.74) is 0. The van der Waals surface area contributed by atoms with Crippen LogP contribution in [0.15, 0.2) is 0 Å². The van der Waals surface area contributed by atoms with Gasteiger partial charge in [-0.2, -0.15) is 0 Å². The number of phosphoric acid groups is 2. The minimum atomic E-state index is -4.96. The molecule has 0 saturated carbocycles. The summed E-state index contributed by atoms with van der Waals surface area (Å²) in [6.45, 7) is 14.2. The quantitative estimate of drug-likeness (QED) is 0.0222. The Morgan fingerprint density at radius 2 is 0.500 bits per heavy atom. The zero-order chi connectivity index (χ0) is 71.0. The van der Waals surface area contributed by atoms with Crippen LogP contribution in [-0.4, -0.2) is 96.7 Å². The first kappa shape index (κ1) is 94.1. The largest absolute Gasteiger partial charge is 0.472 e. The molecule has 0 aromatic rings. The fourth-order valence-electron chi connectivity index (χ4n) is 11.7. The molecule has 96 heavy (non-hydrogen) atoms. The van der Waals surface area contributed by atoms with E-state index in [1.165, 1.54) is 186 Å². The summed E-state index contributed by atoms with van der Waals surface area (Å²) in [5, 5.41) is 10.6. The number of hydrogen-bond donors (Lipinski definition) is 3. The van der Waals surface area contributed by atoms with E-state index in [2.05, 4.69) is 55.4 Å². The van der Waals surface area contributed by atoms with Crippen LogP contribution in [0.1, 0.15) is 389 Å². The summed E-state index contributed by atoms with van der Waals surface area (Å²) < 4.78 is 68.5. The van der Waals surface area contributed by atoms with Crippen molar-refractivity contribution in [3.63, 3.8) is 0 Å². The zero-order valence-electron chi connectivity index (χ0n) is 63.0. The Labute approximate surface area is 588 Å². The van der Waals surface area contributed by atoms with Crippen LogP contribution >= 0.6 is 15.6 Å². The van der Waals surface area contributed by atoms with Gasteiger partial charge in [-0.3, -0.25) is 37.3 Å². The number of hydrogen-bond acceptors (Lipinski definition) is 15. The molecule has 0 amide bonds. The Morgan fingerprint density at radius 3 is 0.740 bits per heavy atom. The summed E-state index contributed by atoms with van der Waals surface area (Å²) in [4.78, 5) is 72.8. The standard InChI is InChI=1S/C77H150O17P2/c1-9-69(7)55-47-39-30-26-22-18-15-16-19-23-27-31-41-49-57-74(79)87-63-72(93-76(81)59-51-43-32-28-24-20-14-12-11-13-17-21-25-29-37-45-53-67(3)4)65-91-95(83,84)89-61-71(78)62-90-96(85,86)92-66-73(64-88-75(80)58-50-42-35-33-38-46-54-68(5)6)94-77(82)60-52-44-36-34-40-48-56-70(8)10-2/h67-73,78H,9-66H2,1-8H3,(H,83,84)(H,85,86)/t69?,70?,71-,72-,73-/m1/s1. The minimum absolute atomic E-state index is 0.102. The molecule has 7 atom stereocenters. The lowest BCUT2D eigenvalue weighted by Crippen LogP contribution is -2.30. The Balaban J connectivity index is 5.21. The van der Waals surface area contributed by atoms with Crippen molar-refractivity contribution in [3.8, 4) is 0 Å². The number of ether oxygens (including phenoxy) is 4. The van der Waals surface area contributed by atoms with E-state index in [0.29, 0.717) is 31.6 Å². The van der Waals surface area contributed by atoms with E-state index < -0.39 is 97.5 Å². The number of unbranched alkanes of at least 4 members (excludes halogenated alkanes) is 38. The third kappa shape index (κ3) is 67.9. The first-order valence-corrected chi connectivity index (χ1v) is 42.8. The van der Waals surface area contributed by atoms with Crippen molar-refractivity contribution in [2.24, 2.45) is 23.7 Å². The summed E-state index contributed by atoms with van der Waals surface area (Å²) in [7, 11) is -9.91. The van der Waals surface area contributed by atoms with Gasteiger partial charge in [-0.1, -0.05) is 338 Å². The molecule has 4 unspecified atom stereocenters. The number of esters is 4. The third-order valence-corrected chi connectivity index (χ3v) is 20.4. The second kappa shape index (κ2) is 66.3. The second-order valence-electron chi connectivity index (χ2n) is 29.2. The summed E-state index contributed by atoms with van der Waals surface area (Å²) in [6.07, 6.45) is 51.6. The van der Waals surface area contributed by atoms with E-state index in [0.717, 1.165) is 114 Å². The fourth-order valence-corrected chi connectivity index (χ4v) is 13.2. The average molecular weight is 1410 g/mol. The van der Waals surface area contributed by atoms with Crippen molar-refractivity contribution in [1.82, 2.24) is 0 Å². The number of carbonyl (C=O) groups excluding carboxylic acids is 4. The Hall–Kier alpha value is -1.94. The maximum absolute atomic E-state index is 13.1. The molecule has 0 spiro atoms. The molecule has 0 rings (SSSR count). The van der Waals surface area contributed by atoms with Crippen LogP contribution < -0.4 is 0 Å². The fraction of sp³-hybridized carbons (Fsp3) is 0.948. The molecule has 0 bridgehead atoms. The highest BCUT2D eigenvalue weighted by molar-refractivity contribution is 7.47. The number of aliphatic hydroxyl groups excluding tert-OH is 1. The normalized spacial score (nSPS) is 14.7. The molecule has 0 saturated heterocycles. The van der Waals surface area contributed by atoms with E-state index in [1.807, 2.05) is 0 Å². The third-order valence-electron chi connectivity index (χ3n) is 18.5. The monoisotopic (exact) mass is 1410 g/mol. The lowest BCUT2D eigenvalue weighted by Gasteiger charge is -2.21. The molecule has 0 aliphatic heterocycles.